The molecule has 0 aliphatic carbocycles. The molecule has 0 spiro atoms. The molecule has 0 bridgehead atoms. The van der Waals surface area contributed by atoms with Crippen LogP contribution in [0.15, 0.2) is 102 Å². The lowest BCUT2D eigenvalue weighted by atomic mass is 9.60. The van der Waals surface area contributed by atoms with Crippen molar-refractivity contribution >= 4 is 14.1 Å². The van der Waals surface area contributed by atoms with Gasteiger partial charge < -0.3 is 24.7 Å². The summed E-state index contributed by atoms with van der Waals surface area (Å²) in [6, 6.07) is 25.2. The summed E-state index contributed by atoms with van der Waals surface area (Å²) in [5.41, 5.74) is 1.04. The van der Waals surface area contributed by atoms with E-state index < -0.39 is 43.3 Å². The number of halogens is 2. The molecule has 3 atom stereocenters. The first-order chi connectivity index (χ1) is 21.6. The highest BCUT2D eigenvalue weighted by Gasteiger charge is 2.78. The molecule has 1 aromatic heterocycles. The molecular weight excluding hydrogens is 608 g/mol. The molecule has 3 N–H and O–H groups in total. The van der Waals surface area contributed by atoms with Crippen molar-refractivity contribution in [3.63, 3.8) is 0 Å². The second-order valence-electron chi connectivity index (χ2n) is 13.2. The van der Waals surface area contributed by atoms with Crippen LogP contribution in [-0.2, 0) is 20.3 Å². The van der Waals surface area contributed by atoms with Gasteiger partial charge in [-0.25, -0.2) is 4.79 Å². The van der Waals surface area contributed by atoms with Crippen molar-refractivity contribution in [2.45, 2.75) is 68.2 Å². The van der Waals surface area contributed by atoms with E-state index in [-0.39, 0.29) is 17.5 Å². The van der Waals surface area contributed by atoms with Gasteiger partial charge in [0.25, 0.3) is 0 Å². The Kier molecular flexibility index (Phi) is 8.75. The van der Waals surface area contributed by atoms with Crippen LogP contribution in [0.2, 0.25) is 18.1 Å². The summed E-state index contributed by atoms with van der Waals surface area (Å²) in [5.74, 6) is -3.76. The van der Waals surface area contributed by atoms with E-state index >= 15 is 8.78 Å². The maximum absolute atomic E-state index is 17.8. The van der Waals surface area contributed by atoms with Crippen LogP contribution in [0.25, 0.3) is 0 Å². The van der Waals surface area contributed by atoms with Crippen LogP contribution in [0, 0.1) is 0 Å². The first kappa shape index (κ1) is 33.5. The van der Waals surface area contributed by atoms with E-state index in [9.17, 15) is 9.90 Å². The Labute approximate surface area is 268 Å². The van der Waals surface area contributed by atoms with E-state index in [0.29, 0.717) is 22.4 Å². The largest absolute Gasteiger partial charge is 0.497 e. The topological polar surface area (TPSA) is 109 Å². The summed E-state index contributed by atoms with van der Waals surface area (Å²) in [5, 5.41) is 11.4. The van der Waals surface area contributed by atoms with Crippen LogP contribution in [-0.4, -0.2) is 54.8 Å². The summed E-state index contributed by atoms with van der Waals surface area (Å²) < 4.78 is 54.7. The van der Waals surface area contributed by atoms with E-state index in [4.69, 9.17) is 19.6 Å². The van der Waals surface area contributed by atoms with Crippen molar-refractivity contribution < 1.29 is 27.8 Å². The molecule has 46 heavy (non-hydrogen) atoms. The van der Waals surface area contributed by atoms with E-state index in [0.717, 1.165) is 10.8 Å². The van der Waals surface area contributed by atoms with E-state index in [2.05, 4.69) is 4.98 Å². The predicted octanol–water partition coefficient (Wildman–Crippen LogP) is 5.94. The molecule has 11 heteroatoms. The summed E-state index contributed by atoms with van der Waals surface area (Å²) >= 11 is 0. The SMILES string of the molecule is COc1ccc(C(c2ccccc2)(c2ccccc2)[C@@]2(n3ccc(N)nc3=O)O[C@H](CO[Si](C)(C)C(C)(C)C)[C@@H](O)C2(F)F)cc1. The highest BCUT2D eigenvalue weighted by Crippen LogP contribution is 2.62. The van der Waals surface area contributed by atoms with Crippen molar-refractivity contribution in [1.82, 2.24) is 9.55 Å². The zero-order chi connectivity index (χ0) is 33.5. The highest BCUT2D eigenvalue weighted by atomic mass is 28.4. The van der Waals surface area contributed by atoms with Gasteiger partial charge in [-0.15, -0.1) is 0 Å². The Morgan fingerprint density at radius 2 is 1.46 bits per heavy atom. The van der Waals surface area contributed by atoms with Gasteiger partial charge in [0.2, 0.25) is 5.72 Å². The standard InChI is InChI=1S/C35H41F2N3O5Si/c1-32(2,3)46(5,6)44-23-28-30(41)34(36,37)35(45-28,40-22-21-29(38)39-31(40)42)33(24-13-9-7-10-14-24,25-15-11-8-12-16-25)26-17-19-27(43-4)20-18-26/h7-22,28,30,41H,23H2,1-6H3,(H2,38,39,42)/t28-,30-,35-/m1/s1. The predicted molar refractivity (Wildman–Crippen MR) is 176 cm³/mol. The van der Waals surface area contributed by atoms with E-state index in [1.165, 1.54) is 13.2 Å². The molecule has 3 aromatic carbocycles. The molecular formula is C35H41F2N3O5Si. The maximum Gasteiger partial charge on any atom is 0.352 e. The molecule has 0 radical (unpaired) electrons. The summed E-state index contributed by atoms with van der Waals surface area (Å²) in [4.78, 5) is 17.7. The second-order valence-corrected chi connectivity index (χ2v) is 18.0. The number of nitrogens with two attached hydrogens (primary N) is 1. The minimum absolute atomic E-state index is 0.148. The van der Waals surface area contributed by atoms with Gasteiger partial charge in [-0.05, 0) is 53.0 Å². The fraction of sp³-hybridized carbons (Fsp3) is 0.371. The lowest BCUT2D eigenvalue weighted by Crippen LogP contribution is -2.67. The Hall–Kier alpha value is -3.90. The average molecular weight is 650 g/mol. The van der Waals surface area contributed by atoms with Gasteiger partial charge in [-0.3, -0.25) is 4.57 Å². The zero-order valence-corrected chi connectivity index (χ0v) is 27.9. The van der Waals surface area contributed by atoms with Crippen molar-refractivity contribution in [2.24, 2.45) is 0 Å². The number of aliphatic hydroxyl groups excluding tert-OH is 1. The zero-order valence-electron chi connectivity index (χ0n) is 26.9. The maximum atomic E-state index is 17.8. The van der Waals surface area contributed by atoms with Crippen LogP contribution in [0.4, 0.5) is 14.6 Å². The molecule has 0 unspecified atom stereocenters. The van der Waals surface area contributed by atoms with Gasteiger partial charge in [0.15, 0.2) is 14.4 Å². The molecule has 1 aliphatic heterocycles. The molecule has 1 aliphatic rings. The molecule has 5 rings (SSSR count). The summed E-state index contributed by atoms with van der Waals surface area (Å²) in [6.45, 7) is 9.75. The molecule has 1 fully saturated rings. The van der Waals surface area contributed by atoms with Crippen molar-refractivity contribution in [2.75, 3.05) is 19.5 Å². The smallest absolute Gasteiger partial charge is 0.352 e. The van der Waals surface area contributed by atoms with Crippen molar-refractivity contribution in [3.8, 4) is 5.75 Å². The van der Waals surface area contributed by atoms with Gasteiger partial charge >= 0.3 is 11.6 Å². The third-order valence-electron chi connectivity index (χ3n) is 9.52. The lowest BCUT2D eigenvalue weighted by Gasteiger charge is -2.51. The number of rotatable bonds is 9. The van der Waals surface area contributed by atoms with E-state index in [1.807, 2.05) is 33.9 Å². The van der Waals surface area contributed by atoms with Crippen LogP contribution in [0.1, 0.15) is 37.5 Å². The van der Waals surface area contributed by atoms with Crippen molar-refractivity contribution in [3.05, 3.63) is 124 Å². The minimum Gasteiger partial charge on any atom is -0.497 e. The number of methoxy groups -OCH3 is 1. The molecule has 0 saturated carbocycles. The normalized spacial score (nSPS) is 21.7. The van der Waals surface area contributed by atoms with Gasteiger partial charge in [-0.1, -0.05) is 93.6 Å². The third kappa shape index (κ3) is 5.15. The fourth-order valence-corrected chi connectivity index (χ4v) is 7.14. The van der Waals surface area contributed by atoms with Crippen LogP contribution >= 0.6 is 0 Å². The number of hydrogen-bond acceptors (Lipinski definition) is 7. The van der Waals surface area contributed by atoms with Gasteiger partial charge in [-0.2, -0.15) is 13.8 Å². The Balaban J connectivity index is 1.92. The number of nitrogen functional groups attached to an aromatic ring is 1. The molecule has 4 aromatic rings. The second kappa shape index (κ2) is 12.0. The number of ether oxygens (including phenoxy) is 2. The summed E-state index contributed by atoms with van der Waals surface area (Å²) in [7, 11) is -0.979. The number of nitrogens with zero attached hydrogens (tertiary/aromatic N) is 2. The Morgan fingerprint density at radius 1 is 0.935 bits per heavy atom. The molecule has 1 saturated heterocycles. The van der Waals surface area contributed by atoms with Gasteiger partial charge in [0.1, 0.15) is 17.7 Å². The van der Waals surface area contributed by atoms with Crippen LogP contribution in [0.5, 0.6) is 5.75 Å². The molecule has 8 nitrogen and oxygen atoms in total. The Morgan fingerprint density at radius 3 is 1.93 bits per heavy atom. The van der Waals surface area contributed by atoms with Crippen molar-refractivity contribution in [1.29, 1.82) is 0 Å². The summed E-state index contributed by atoms with van der Waals surface area (Å²) in [6.07, 6.45) is -2.74. The monoisotopic (exact) mass is 649 g/mol. The van der Waals surface area contributed by atoms with Gasteiger partial charge in [0.05, 0.1) is 19.1 Å². The number of aromatic nitrogens is 2. The Bertz CT molecular complexity index is 1670. The first-order valence-corrected chi connectivity index (χ1v) is 18.0. The number of aliphatic hydroxyl groups is 1. The van der Waals surface area contributed by atoms with Crippen LogP contribution in [0.3, 0.4) is 0 Å². The average Bonchev–Trinajstić information content (AvgIpc) is 3.22. The third-order valence-corrected chi connectivity index (χ3v) is 14.0. The number of hydrogen-bond donors (Lipinski definition) is 2. The molecule has 244 valence electrons. The first-order valence-electron chi connectivity index (χ1n) is 15.1. The number of alkyl halides is 2. The van der Waals surface area contributed by atoms with Crippen LogP contribution < -0.4 is 16.2 Å². The quantitative estimate of drug-likeness (QED) is 0.171. The fourth-order valence-electron chi connectivity index (χ4n) is 6.12. The molecule has 2 heterocycles. The number of benzene rings is 3. The highest BCUT2D eigenvalue weighted by molar-refractivity contribution is 6.74. The lowest BCUT2D eigenvalue weighted by molar-refractivity contribution is -0.245. The number of anilines is 1. The van der Waals surface area contributed by atoms with Gasteiger partial charge in [0, 0.05) is 6.20 Å². The van der Waals surface area contributed by atoms with E-state index in [1.54, 1.807) is 84.9 Å². The minimum atomic E-state index is -4.11. The molecule has 0 amide bonds.